The van der Waals surface area contributed by atoms with Crippen molar-refractivity contribution in [2.75, 3.05) is 5.32 Å². The van der Waals surface area contributed by atoms with Crippen LogP contribution in [-0.4, -0.2) is 4.98 Å². The lowest BCUT2D eigenvalue weighted by Gasteiger charge is -2.06. The first-order chi connectivity index (χ1) is 7.78. The van der Waals surface area contributed by atoms with Crippen molar-refractivity contribution < 1.29 is 0 Å². The number of hydrogen-bond donors (Lipinski definition) is 1. The lowest BCUT2D eigenvalue weighted by molar-refractivity contribution is 1.12. The predicted molar refractivity (Wildman–Crippen MR) is 67.8 cm³/mol. The van der Waals surface area contributed by atoms with E-state index in [-0.39, 0.29) is 0 Å². The second kappa shape index (κ2) is 4.79. The fourth-order valence-corrected chi connectivity index (χ4v) is 1.50. The number of pyridine rings is 1. The Morgan fingerprint density at radius 2 is 1.94 bits per heavy atom. The third-order valence-corrected chi connectivity index (χ3v) is 2.46. The Morgan fingerprint density at radius 1 is 1.19 bits per heavy atom. The molecular weight excluding hydrogens is 196 g/mol. The predicted octanol–water partition coefficient (Wildman–Crippen LogP) is 3.57. The molecule has 0 amide bonds. The minimum Gasteiger partial charge on any atom is -0.340 e. The molecule has 0 aliphatic heterocycles. The Kier molecular flexibility index (Phi) is 3.20. The monoisotopic (exact) mass is 211 g/mol. The second-order valence-corrected chi connectivity index (χ2v) is 3.72. The maximum Gasteiger partial charge on any atom is 0.130 e. The van der Waals surface area contributed by atoms with Crippen LogP contribution in [0.15, 0.2) is 42.6 Å². The van der Waals surface area contributed by atoms with Gasteiger partial charge in [-0.05, 0) is 48.7 Å². The van der Waals surface area contributed by atoms with Crippen LogP contribution in [0.3, 0.4) is 0 Å². The van der Waals surface area contributed by atoms with Crippen LogP contribution in [-0.2, 0) is 6.42 Å². The molecular formula is C14H15N2. The van der Waals surface area contributed by atoms with Crippen LogP contribution in [0.5, 0.6) is 0 Å². The zero-order valence-electron chi connectivity index (χ0n) is 9.40. The van der Waals surface area contributed by atoms with E-state index in [1.54, 1.807) is 0 Å². The number of anilines is 2. The largest absolute Gasteiger partial charge is 0.340 e. The van der Waals surface area contributed by atoms with Gasteiger partial charge in [0.1, 0.15) is 5.82 Å². The third-order valence-electron chi connectivity index (χ3n) is 2.46. The van der Waals surface area contributed by atoms with E-state index >= 15 is 0 Å². The smallest absolute Gasteiger partial charge is 0.130 e. The highest BCUT2D eigenvalue weighted by Gasteiger charge is 1.96. The molecule has 0 aliphatic rings. The maximum absolute atomic E-state index is 4.28. The number of nitrogens with one attached hydrogen (secondary N) is 1. The number of hydrogen-bond acceptors (Lipinski definition) is 2. The molecule has 2 nitrogen and oxygen atoms in total. The van der Waals surface area contributed by atoms with Crippen molar-refractivity contribution >= 4 is 11.5 Å². The number of benzene rings is 1. The molecule has 16 heavy (non-hydrogen) atoms. The summed E-state index contributed by atoms with van der Waals surface area (Å²) in [6.45, 7) is 5.99. The Bertz CT molecular complexity index is 460. The summed E-state index contributed by atoms with van der Waals surface area (Å²) in [5.74, 6) is 0.885. The molecule has 0 atom stereocenters. The van der Waals surface area contributed by atoms with Crippen LogP contribution in [0.25, 0.3) is 0 Å². The van der Waals surface area contributed by atoms with E-state index in [9.17, 15) is 0 Å². The zero-order chi connectivity index (χ0) is 11.4. The van der Waals surface area contributed by atoms with E-state index < -0.39 is 0 Å². The summed E-state index contributed by atoms with van der Waals surface area (Å²) in [6.07, 6.45) is 2.85. The van der Waals surface area contributed by atoms with Crippen LogP contribution in [0.1, 0.15) is 18.1 Å². The van der Waals surface area contributed by atoms with Gasteiger partial charge in [0, 0.05) is 11.9 Å². The number of rotatable bonds is 3. The summed E-state index contributed by atoms with van der Waals surface area (Å²) in [4.78, 5) is 4.28. The molecule has 1 aromatic carbocycles. The van der Waals surface area contributed by atoms with Gasteiger partial charge in [-0.1, -0.05) is 19.1 Å². The van der Waals surface area contributed by atoms with E-state index in [1.165, 1.54) is 5.56 Å². The first kappa shape index (κ1) is 10.7. The highest BCUT2D eigenvalue weighted by atomic mass is 15.0. The van der Waals surface area contributed by atoms with Gasteiger partial charge in [-0.25, -0.2) is 4.98 Å². The van der Waals surface area contributed by atoms with Gasteiger partial charge in [-0.15, -0.1) is 0 Å². The number of aromatic nitrogens is 1. The quantitative estimate of drug-likeness (QED) is 0.839. The summed E-state index contributed by atoms with van der Waals surface area (Å²) in [6, 6.07) is 12.1. The topological polar surface area (TPSA) is 24.9 Å². The molecule has 1 N–H and O–H groups in total. The molecule has 2 rings (SSSR count). The maximum atomic E-state index is 4.28. The van der Waals surface area contributed by atoms with Gasteiger partial charge >= 0.3 is 0 Å². The normalized spacial score (nSPS) is 10.1. The summed E-state index contributed by atoms with van der Waals surface area (Å²) in [5, 5.41) is 3.27. The molecule has 0 aliphatic carbocycles. The minimum absolute atomic E-state index is 0.885. The zero-order valence-corrected chi connectivity index (χ0v) is 9.40. The van der Waals surface area contributed by atoms with Crippen LogP contribution in [0.2, 0.25) is 0 Å². The SMILES string of the molecule is [CH2]c1ccc(Nc2cc(CC)ccn2)cc1. The van der Waals surface area contributed by atoms with Gasteiger partial charge in [0.05, 0.1) is 0 Å². The molecule has 1 aromatic heterocycles. The number of aryl methyl sites for hydroxylation is 1. The summed E-state index contributed by atoms with van der Waals surface area (Å²) < 4.78 is 0. The van der Waals surface area contributed by atoms with Crippen molar-refractivity contribution in [3.8, 4) is 0 Å². The lowest BCUT2D eigenvalue weighted by atomic mass is 10.2. The molecule has 1 radical (unpaired) electrons. The highest BCUT2D eigenvalue weighted by Crippen LogP contribution is 2.15. The molecule has 81 valence electrons. The standard InChI is InChI=1S/C14H15N2/c1-3-12-8-9-15-14(10-12)16-13-6-4-11(2)5-7-13/h4-10H,2-3H2,1H3,(H,15,16). The van der Waals surface area contributed by atoms with E-state index in [0.717, 1.165) is 23.5 Å². The highest BCUT2D eigenvalue weighted by molar-refractivity contribution is 5.57. The molecule has 1 heterocycles. The molecule has 2 aromatic rings. The van der Waals surface area contributed by atoms with Gasteiger partial charge in [-0.2, -0.15) is 0 Å². The van der Waals surface area contributed by atoms with Crippen molar-refractivity contribution in [3.05, 3.63) is 60.6 Å². The first-order valence-electron chi connectivity index (χ1n) is 5.42. The van der Waals surface area contributed by atoms with Crippen molar-refractivity contribution in [2.45, 2.75) is 13.3 Å². The average Bonchev–Trinajstić information content (AvgIpc) is 2.32. The van der Waals surface area contributed by atoms with Gasteiger partial charge in [0.15, 0.2) is 0 Å². The number of nitrogens with zero attached hydrogens (tertiary/aromatic N) is 1. The van der Waals surface area contributed by atoms with Gasteiger partial charge in [-0.3, -0.25) is 0 Å². The van der Waals surface area contributed by atoms with Crippen LogP contribution in [0.4, 0.5) is 11.5 Å². The van der Waals surface area contributed by atoms with Crippen LogP contribution < -0.4 is 5.32 Å². The molecule has 0 saturated carbocycles. The Hall–Kier alpha value is -1.83. The molecule has 0 bridgehead atoms. The fourth-order valence-electron chi connectivity index (χ4n) is 1.50. The van der Waals surface area contributed by atoms with Crippen molar-refractivity contribution in [1.29, 1.82) is 0 Å². The van der Waals surface area contributed by atoms with Crippen LogP contribution >= 0.6 is 0 Å². The van der Waals surface area contributed by atoms with E-state index in [4.69, 9.17) is 0 Å². The Morgan fingerprint density at radius 3 is 2.62 bits per heavy atom. The summed E-state index contributed by atoms with van der Waals surface area (Å²) >= 11 is 0. The molecule has 0 fully saturated rings. The minimum atomic E-state index is 0.885. The fraction of sp³-hybridized carbons (Fsp3) is 0.143. The molecule has 0 unspecified atom stereocenters. The van der Waals surface area contributed by atoms with Crippen molar-refractivity contribution in [1.82, 2.24) is 4.98 Å². The van der Waals surface area contributed by atoms with Crippen molar-refractivity contribution in [3.63, 3.8) is 0 Å². The van der Waals surface area contributed by atoms with E-state index in [1.807, 2.05) is 36.5 Å². The van der Waals surface area contributed by atoms with Crippen molar-refractivity contribution in [2.24, 2.45) is 0 Å². The molecule has 2 heteroatoms. The van der Waals surface area contributed by atoms with E-state index in [0.29, 0.717) is 0 Å². The summed E-state index contributed by atoms with van der Waals surface area (Å²) in [7, 11) is 0. The first-order valence-corrected chi connectivity index (χ1v) is 5.42. The Labute approximate surface area is 96.4 Å². The average molecular weight is 211 g/mol. The van der Waals surface area contributed by atoms with Gasteiger partial charge in [0.2, 0.25) is 0 Å². The summed E-state index contributed by atoms with van der Waals surface area (Å²) in [5.41, 5.74) is 3.33. The van der Waals surface area contributed by atoms with E-state index in [2.05, 4.69) is 30.2 Å². The van der Waals surface area contributed by atoms with Gasteiger partial charge < -0.3 is 5.32 Å². The Balaban J connectivity index is 2.16. The van der Waals surface area contributed by atoms with Gasteiger partial charge in [0.25, 0.3) is 0 Å². The molecule has 0 saturated heterocycles. The second-order valence-electron chi connectivity index (χ2n) is 3.72. The van der Waals surface area contributed by atoms with Crippen LogP contribution in [0, 0.1) is 6.92 Å². The third kappa shape index (κ3) is 2.60. The lowest BCUT2D eigenvalue weighted by Crippen LogP contribution is -1.94. The molecule has 0 spiro atoms.